The van der Waals surface area contributed by atoms with Crippen LogP contribution in [0.1, 0.15) is 24.2 Å². The fourth-order valence-electron chi connectivity index (χ4n) is 2.72. The first kappa shape index (κ1) is 21.8. The zero-order valence-corrected chi connectivity index (χ0v) is 17.2. The Bertz CT molecular complexity index is 1020. The van der Waals surface area contributed by atoms with Gasteiger partial charge in [-0.3, -0.25) is 9.59 Å². The Morgan fingerprint density at radius 3 is 2.00 bits per heavy atom. The van der Waals surface area contributed by atoms with Crippen LogP contribution in [-0.2, 0) is 4.79 Å². The Kier molecular flexibility index (Phi) is 7.22. The molecule has 0 aliphatic heterocycles. The molecule has 0 aliphatic carbocycles. The maximum atomic E-state index is 13.0. The predicted molar refractivity (Wildman–Crippen MR) is 117 cm³/mol. The summed E-state index contributed by atoms with van der Waals surface area (Å²) < 4.78 is 23.8. The number of rotatable bonds is 8. The van der Waals surface area contributed by atoms with Crippen molar-refractivity contribution >= 4 is 23.2 Å². The van der Waals surface area contributed by atoms with Crippen LogP contribution in [0.3, 0.4) is 0 Å². The van der Waals surface area contributed by atoms with Crippen LogP contribution in [0.5, 0.6) is 11.5 Å². The van der Waals surface area contributed by atoms with Gasteiger partial charge in [-0.05, 0) is 86.6 Å². The monoisotopic (exact) mass is 422 g/mol. The van der Waals surface area contributed by atoms with Gasteiger partial charge in [0.15, 0.2) is 6.10 Å². The summed E-state index contributed by atoms with van der Waals surface area (Å²) in [6.45, 7) is 4.07. The molecule has 2 amide bonds. The molecule has 0 saturated carbocycles. The Hall–Kier alpha value is -3.87. The van der Waals surface area contributed by atoms with Gasteiger partial charge in [-0.15, -0.1) is 0 Å². The highest BCUT2D eigenvalue weighted by atomic mass is 19.1. The van der Waals surface area contributed by atoms with E-state index in [1.54, 1.807) is 55.5 Å². The Labute approximate surface area is 180 Å². The average molecular weight is 422 g/mol. The zero-order chi connectivity index (χ0) is 22.2. The maximum Gasteiger partial charge on any atom is 0.265 e. The molecular weight excluding hydrogens is 399 g/mol. The van der Waals surface area contributed by atoms with Gasteiger partial charge in [0.05, 0.1) is 6.61 Å². The van der Waals surface area contributed by atoms with Crippen LogP contribution in [0.25, 0.3) is 0 Å². The number of hydrogen-bond donors (Lipinski definition) is 2. The van der Waals surface area contributed by atoms with Gasteiger partial charge in [-0.25, -0.2) is 4.39 Å². The molecule has 7 heteroatoms. The summed E-state index contributed by atoms with van der Waals surface area (Å²) >= 11 is 0. The highest BCUT2D eigenvalue weighted by molar-refractivity contribution is 6.04. The number of nitrogens with one attached hydrogen (secondary N) is 2. The van der Waals surface area contributed by atoms with E-state index in [1.165, 1.54) is 24.3 Å². The van der Waals surface area contributed by atoms with Crippen molar-refractivity contribution in [3.8, 4) is 11.5 Å². The number of amides is 2. The van der Waals surface area contributed by atoms with Crippen LogP contribution < -0.4 is 20.1 Å². The van der Waals surface area contributed by atoms with E-state index in [9.17, 15) is 14.0 Å². The van der Waals surface area contributed by atoms with Crippen molar-refractivity contribution in [3.05, 3.63) is 84.2 Å². The standard InChI is InChI=1S/C24H23FN2O4/c1-3-30-21-14-10-20(11-15-21)27-24(29)17-4-8-19(9-5-17)26-23(28)16(2)31-22-12-6-18(25)7-13-22/h4-16H,3H2,1-2H3,(H,26,28)(H,27,29). The van der Waals surface area contributed by atoms with Crippen LogP contribution in [-0.4, -0.2) is 24.5 Å². The molecule has 0 fully saturated rings. The minimum atomic E-state index is -0.784. The molecule has 160 valence electrons. The molecule has 1 atom stereocenters. The van der Waals surface area contributed by atoms with E-state index in [2.05, 4.69) is 10.6 Å². The number of carbonyl (C=O) groups excluding carboxylic acids is 2. The minimum Gasteiger partial charge on any atom is -0.494 e. The largest absolute Gasteiger partial charge is 0.494 e. The quantitative estimate of drug-likeness (QED) is 0.542. The third kappa shape index (κ3) is 6.30. The molecule has 0 saturated heterocycles. The van der Waals surface area contributed by atoms with E-state index in [0.717, 1.165) is 5.75 Å². The maximum absolute atomic E-state index is 13.0. The molecule has 1 unspecified atom stereocenters. The predicted octanol–water partition coefficient (Wildman–Crippen LogP) is 4.88. The van der Waals surface area contributed by atoms with Crippen LogP contribution in [0.15, 0.2) is 72.8 Å². The highest BCUT2D eigenvalue weighted by Crippen LogP contribution is 2.18. The molecule has 31 heavy (non-hydrogen) atoms. The van der Waals surface area contributed by atoms with Crippen molar-refractivity contribution in [2.24, 2.45) is 0 Å². The van der Waals surface area contributed by atoms with Gasteiger partial charge in [-0.1, -0.05) is 0 Å². The minimum absolute atomic E-state index is 0.268. The average Bonchev–Trinajstić information content (AvgIpc) is 2.77. The van der Waals surface area contributed by atoms with E-state index in [4.69, 9.17) is 9.47 Å². The first-order chi connectivity index (χ1) is 14.9. The SMILES string of the molecule is CCOc1ccc(NC(=O)c2ccc(NC(=O)C(C)Oc3ccc(F)cc3)cc2)cc1. The number of carbonyl (C=O) groups is 2. The smallest absolute Gasteiger partial charge is 0.265 e. The van der Waals surface area contributed by atoms with Gasteiger partial charge in [0.1, 0.15) is 17.3 Å². The van der Waals surface area contributed by atoms with Gasteiger partial charge >= 0.3 is 0 Å². The van der Waals surface area contributed by atoms with E-state index in [1.807, 2.05) is 6.92 Å². The van der Waals surface area contributed by atoms with Crippen molar-refractivity contribution < 1.29 is 23.5 Å². The number of benzene rings is 3. The topological polar surface area (TPSA) is 76.7 Å². The molecular formula is C24H23FN2O4. The second-order valence-corrected chi connectivity index (χ2v) is 6.69. The van der Waals surface area contributed by atoms with Gasteiger partial charge in [0, 0.05) is 16.9 Å². The lowest BCUT2D eigenvalue weighted by atomic mass is 10.2. The molecule has 6 nitrogen and oxygen atoms in total. The van der Waals surface area contributed by atoms with Gasteiger partial charge in [0.2, 0.25) is 0 Å². The summed E-state index contributed by atoms with van der Waals surface area (Å²) in [6.07, 6.45) is -0.784. The van der Waals surface area contributed by atoms with Crippen molar-refractivity contribution in [2.75, 3.05) is 17.2 Å². The van der Waals surface area contributed by atoms with Crippen LogP contribution >= 0.6 is 0 Å². The first-order valence-electron chi connectivity index (χ1n) is 9.82. The van der Waals surface area contributed by atoms with E-state index in [0.29, 0.717) is 29.3 Å². The lowest BCUT2D eigenvalue weighted by molar-refractivity contribution is -0.122. The lowest BCUT2D eigenvalue weighted by Gasteiger charge is -2.15. The third-order valence-electron chi connectivity index (χ3n) is 4.33. The summed E-state index contributed by atoms with van der Waals surface area (Å²) in [6, 6.07) is 19.0. The Morgan fingerprint density at radius 2 is 1.39 bits per heavy atom. The lowest BCUT2D eigenvalue weighted by Crippen LogP contribution is -2.30. The number of ether oxygens (including phenoxy) is 2. The molecule has 3 aromatic carbocycles. The fraction of sp³-hybridized carbons (Fsp3) is 0.167. The second-order valence-electron chi connectivity index (χ2n) is 6.69. The molecule has 0 bridgehead atoms. The molecule has 2 N–H and O–H groups in total. The van der Waals surface area contributed by atoms with Gasteiger partial charge in [0.25, 0.3) is 11.8 Å². The van der Waals surface area contributed by atoms with Crippen LogP contribution in [0.2, 0.25) is 0 Å². The van der Waals surface area contributed by atoms with Crippen molar-refractivity contribution in [1.29, 1.82) is 0 Å². The summed E-state index contributed by atoms with van der Waals surface area (Å²) in [4.78, 5) is 24.7. The van der Waals surface area contributed by atoms with Crippen molar-refractivity contribution in [1.82, 2.24) is 0 Å². The summed E-state index contributed by atoms with van der Waals surface area (Å²) in [5.41, 5.74) is 1.62. The molecule has 3 rings (SSSR count). The van der Waals surface area contributed by atoms with Crippen LogP contribution in [0, 0.1) is 5.82 Å². The van der Waals surface area contributed by atoms with Gasteiger partial charge in [-0.2, -0.15) is 0 Å². The molecule has 0 aromatic heterocycles. The summed E-state index contributed by atoms with van der Waals surface area (Å²) in [5.74, 6) is 0.116. The zero-order valence-electron chi connectivity index (χ0n) is 17.2. The van der Waals surface area contributed by atoms with Gasteiger partial charge < -0.3 is 20.1 Å². The van der Waals surface area contributed by atoms with E-state index in [-0.39, 0.29) is 17.6 Å². The molecule has 0 aliphatic rings. The third-order valence-corrected chi connectivity index (χ3v) is 4.33. The Balaban J connectivity index is 1.54. The molecule has 0 heterocycles. The number of halogens is 1. The van der Waals surface area contributed by atoms with E-state index < -0.39 is 6.10 Å². The number of anilines is 2. The normalized spacial score (nSPS) is 11.3. The fourth-order valence-corrected chi connectivity index (χ4v) is 2.72. The molecule has 3 aromatic rings. The molecule has 0 spiro atoms. The van der Waals surface area contributed by atoms with Crippen molar-refractivity contribution in [3.63, 3.8) is 0 Å². The summed E-state index contributed by atoms with van der Waals surface area (Å²) in [5, 5.41) is 5.53. The first-order valence-corrected chi connectivity index (χ1v) is 9.82. The van der Waals surface area contributed by atoms with E-state index >= 15 is 0 Å². The Morgan fingerprint density at radius 1 is 0.839 bits per heavy atom. The van der Waals surface area contributed by atoms with Crippen LogP contribution in [0.4, 0.5) is 15.8 Å². The highest BCUT2D eigenvalue weighted by Gasteiger charge is 2.15. The van der Waals surface area contributed by atoms with Crippen molar-refractivity contribution in [2.45, 2.75) is 20.0 Å². The number of hydrogen-bond acceptors (Lipinski definition) is 4. The summed E-state index contributed by atoms with van der Waals surface area (Å²) in [7, 11) is 0. The second kappa shape index (κ2) is 10.2. The molecule has 0 radical (unpaired) electrons.